The normalized spacial score (nSPS) is 12.2. The summed E-state index contributed by atoms with van der Waals surface area (Å²) in [5.41, 5.74) is 2.15. The molecule has 0 saturated carbocycles. The van der Waals surface area contributed by atoms with Gasteiger partial charge in [-0.05, 0) is 48.6 Å². The average molecular weight is 564 g/mol. The second-order valence-corrected chi connectivity index (χ2v) is 5.09. The van der Waals surface area contributed by atoms with Crippen molar-refractivity contribution in [3.8, 4) is 0 Å². The van der Waals surface area contributed by atoms with Crippen molar-refractivity contribution in [3.63, 3.8) is 0 Å². The van der Waals surface area contributed by atoms with Gasteiger partial charge in [0, 0.05) is 22.6 Å². The summed E-state index contributed by atoms with van der Waals surface area (Å²) in [6, 6.07) is 7.12. The molecular formula is C16H8EsN8-2. The van der Waals surface area contributed by atoms with Crippen LogP contribution in [0, 0.1) is 0 Å². The fourth-order valence-electron chi connectivity index (χ4n) is 2.33. The fraction of sp³-hybridized carbons (Fsp3) is 0. The smallest absolute Gasteiger partial charge is 0.0847 e. The number of hydrogen-bond acceptors (Lipinski definition) is 6. The third kappa shape index (κ3) is 2.59. The molecular weight excluding hydrogens is 556 g/mol. The van der Waals surface area contributed by atoms with Crippen LogP contribution in [-0.4, -0.2) is 29.9 Å². The number of fused-ring (bicyclic) bond motifs is 8. The van der Waals surface area contributed by atoms with Crippen molar-refractivity contribution >= 4 is 46.9 Å². The Labute approximate surface area is 135 Å². The first-order chi connectivity index (χ1) is 11.8. The van der Waals surface area contributed by atoms with Gasteiger partial charge in [-0.15, -0.1) is 0 Å². The van der Waals surface area contributed by atoms with Crippen LogP contribution in [0.4, 0.5) is 0 Å². The second kappa shape index (κ2) is 5.20. The molecule has 3 aromatic rings. The molecule has 0 spiro atoms. The molecule has 0 fully saturated rings. The summed E-state index contributed by atoms with van der Waals surface area (Å²) in [6.45, 7) is 0. The van der Waals surface area contributed by atoms with Gasteiger partial charge in [0.1, 0.15) is 0 Å². The fourth-order valence-corrected chi connectivity index (χ4v) is 2.33. The molecule has 8 nitrogen and oxygen atoms in total. The summed E-state index contributed by atoms with van der Waals surface area (Å²) >= 11 is 0. The van der Waals surface area contributed by atoms with Crippen LogP contribution >= 0.6 is 0 Å². The molecule has 5 heterocycles. The van der Waals surface area contributed by atoms with Crippen LogP contribution in [0.1, 0.15) is 23.3 Å². The topological polar surface area (TPSA) is 106 Å². The quantitative estimate of drug-likeness (QED) is 0.279. The molecule has 0 N–H and O–H groups in total. The van der Waals surface area contributed by atoms with E-state index in [9.17, 15) is 0 Å². The first kappa shape index (κ1) is 13.9. The van der Waals surface area contributed by atoms with E-state index in [4.69, 9.17) is 0 Å². The molecule has 1 radical (unpaired) electrons. The Kier molecular flexibility index (Phi) is 2.90. The largest absolute Gasteiger partial charge is 0.358 e. The Balaban J connectivity index is 0.00000157. The van der Waals surface area contributed by atoms with E-state index in [1.54, 1.807) is 48.6 Å². The molecule has 3 aromatic heterocycles. The van der Waals surface area contributed by atoms with Gasteiger partial charge >= 0.3 is 0 Å². The van der Waals surface area contributed by atoms with Crippen molar-refractivity contribution < 1.29 is 0 Å². The van der Waals surface area contributed by atoms with Crippen molar-refractivity contribution in [1.29, 1.82) is 0 Å². The van der Waals surface area contributed by atoms with Crippen molar-refractivity contribution in [3.05, 3.63) is 47.6 Å². The van der Waals surface area contributed by atoms with Crippen molar-refractivity contribution in [2.45, 2.75) is 0 Å². The van der Waals surface area contributed by atoms with Gasteiger partial charge in [0.25, 0.3) is 0 Å². The predicted octanol–water partition coefficient (Wildman–Crippen LogP) is 1.49. The van der Waals surface area contributed by atoms with Gasteiger partial charge in [0.05, 0.1) is 23.3 Å². The van der Waals surface area contributed by atoms with E-state index < -0.39 is 0 Å². The maximum Gasteiger partial charge on any atom is 0.0847 e. The summed E-state index contributed by atoms with van der Waals surface area (Å²) in [4.78, 5) is 34.8. The van der Waals surface area contributed by atoms with Crippen LogP contribution in [-0.2, 0) is 0 Å². The minimum atomic E-state index is 0. The summed E-state index contributed by atoms with van der Waals surface area (Å²) < 4.78 is 0. The van der Waals surface area contributed by atoms with Crippen molar-refractivity contribution in [1.82, 2.24) is 39.9 Å². The Morgan fingerprint density at radius 1 is 0.440 bits per heavy atom. The minimum absolute atomic E-state index is 0. The van der Waals surface area contributed by atoms with E-state index in [1.165, 1.54) is 0 Å². The molecule has 0 aliphatic carbocycles. The predicted molar refractivity (Wildman–Crippen MR) is 88.0 cm³/mol. The van der Waals surface area contributed by atoms with Crippen LogP contribution in [0.2, 0.25) is 0 Å². The number of nitrogens with zero attached hydrogens (tertiary/aromatic N) is 8. The molecule has 0 amide bonds. The van der Waals surface area contributed by atoms with E-state index in [0.717, 1.165) is 0 Å². The standard InChI is InChI=1S/C16H8N8.Es/c1-2-10-17-9(1)21-11-3-4-13(18-11)23-15-7-8-16(20-15)24-14-6-5-12(19-14)22-10;/h1-8H;/q-2;. The third-order valence-corrected chi connectivity index (χ3v) is 3.36. The SMILES string of the molecule is C1=Cc2nc1nc1ccc(nc3nc(nc4ccc(n2)[n-]4)C=C3)[n-]1.[Es]. The van der Waals surface area contributed by atoms with Gasteiger partial charge < -0.3 is 29.9 Å². The van der Waals surface area contributed by atoms with E-state index in [-0.39, 0.29) is 0 Å². The Morgan fingerprint density at radius 3 is 1.00 bits per heavy atom. The summed E-state index contributed by atoms with van der Waals surface area (Å²) in [5.74, 6) is 2.15. The zero-order chi connectivity index (χ0) is 15.9. The van der Waals surface area contributed by atoms with Crippen molar-refractivity contribution in [2.24, 2.45) is 0 Å². The monoisotopic (exact) mass is 564 g/mol. The molecule has 0 unspecified atom stereocenters. The van der Waals surface area contributed by atoms with Crippen LogP contribution in [0.5, 0.6) is 0 Å². The first-order valence-electron chi connectivity index (χ1n) is 7.22. The van der Waals surface area contributed by atoms with E-state index in [1.807, 2.05) is 0 Å². The van der Waals surface area contributed by atoms with Crippen LogP contribution in [0.25, 0.3) is 46.9 Å². The van der Waals surface area contributed by atoms with Crippen LogP contribution < -0.4 is 9.97 Å². The molecule has 9 heteroatoms. The molecule has 0 aromatic carbocycles. The maximum atomic E-state index is 4.37. The first-order valence-corrected chi connectivity index (χ1v) is 7.22. The Morgan fingerprint density at radius 2 is 0.720 bits per heavy atom. The van der Waals surface area contributed by atoms with Gasteiger partial charge in [-0.1, -0.05) is 0 Å². The molecule has 125 valence electrons. The van der Waals surface area contributed by atoms with E-state index in [0.29, 0.717) is 45.9 Å². The average Bonchev–Trinajstić information content (AvgIpc) is 3.32. The molecule has 5 rings (SSSR count). The van der Waals surface area contributed by atoms with Gasteiger partial charge in [-0.2, -0.15) is 0 Å². The van der Waals surface area contributed by atoms with Crippen LogP contribution in [0.15, 0.2) is 24.3 Å². The number of aromatic nitrogens is 8. The second-order valence-electron chi connectivity index (χ2n) is 5.09. The zero-order valence-corrected chi connectivity index (χ0v) is 15.0. The molecule has 8 bridgehead atoms. The summed E-state index contributed by atoms with van der Waals surface area (Å²) in [7, 11) is 0. The summed E-state index contributed by atoms with van der Waals surface area (Å²) in [6.07, 6.45) is 7.12. The maximum absolute atomic E-state index is 4.37. The molecule has 0 atom stereocenters. The van der Waals surface area contributed by atoms with Gasteiger partial charge in [-0.3, -0.25) is 0 Å². The third-order valence-electron chi connectivity index (χ3n) is 3.36. The number of hydrogen-bond donors (Lipinski definition) is 0. The van der Waals surface area contributed by atoms with Gasteiger partial charge in [-0.25, -0.2) is 9.97 Å². The van der Waals surface area contributed by atoms with Gasteiger partial charge in [0.2, 0.25) is 0 Å². The molecule has 2 aliphatic heterocycles. The minimum Gasteiger partial charge on any atom is -0.358 e. The van der Waals surface area contributed by atoms with E-state index >= 15 is 0 Å². The van der Waals surface area contributed by atoms with Gasteiger partial charge in [0.15, 0.2) is 0 Å². The van der Waals surface area contributed by atoms with E-state index in [2.05, 4.69) is 39.9 Å². The van der Waals surface area contributed by atoms with Crippen LogP contribution in [0.3, 0.4) is 0 Å². The Hall–Kier alpha value is -4.68. The molecule has 0 saturated heterocycles. The zero-order valence-electron chi connectivity index (χ0n) is 12.5. The Bertz CT molecular complexity index is 997. The molecule has 2 aliphatic rings. The van der Waals surface area contributed by atoms with Crippen molar-refractivity contribution in [2.75, 3.05) is 0 Å². The summed E-state index contributed by atoms with van der Waals surface area (Å²) in [5, 5.41) is 0. The molecule has 25 heavy (non-hydrogen) atoms. The number of rotatable bonds is 0.